The first-order valence-electron chi connectivity index (χ1n) is 14.1. The lowest BCUT2D eigenvalue weighted by molar-refractivity contribution is 0.0442. The van der Waals surface area contributed by atoms with E-state index < -0.39 is 0 Å². The molecular formula is C31H36N6O4. The van der Waals surface area contributed by atoms with Gasteiger partial charge in [-0.15, -0.1) is 0 Å². The van der Waals surface area contributed by atoms with Crippen molar-refractivity contribution in [3.8, 4) is 0 Å². The molecule has 2 aromatic carbocycles. The van der Waals surface area contributed by atoms with Crippen molar-refractivity contribution in [1.82, 2.24) is 14.3 Å². The second kappa shape index (κ2) is 11.0. The standard InChI is InChI=1S/C31H36N6O4/c1-20(2)37-27-15-22(9-10-23(27)30(39)36(37)3)33-28-16-25(34-26(18-38)21-7-5-4-6-8-21)24(17-32-28)29-35-31(19-41-29)11-13-40-14-12-31/h4-10,15-17,20,26,38H,11-14,18-19H2,1-3H3,(H2,32,33,34)/t26-/m1/s1. The highest BCUT2D eigenvalue weighted by Crippen LogP contribution is 2.34. The molecule has 0 bridgehead atoms. The van der Waals surface area contributed by atoms with Gasteiger partial charge in [-0.05, 0) is 50.5 Å². The second-order valence-electron chi connectivity index (χ2n) is 11.1. The van der Waals surface area contributed by atoms with E-state index in [1.165, 1.54) is 0 Å². The van der Waals surface area contributed by atoms with Crippen molar-refractivity contribution in [2.24, 2.45) is 12.0 Å². The summed E-state index contributed by atoms with van der Waals surface area (Å²) < 4.78 is 15.3. The van der Waals surface area contributed by atoms with Crippen molar-refractivity contribution in [3.05, 3.63) is 82.3 Å². The van der Waals surface area contributed by atoms with Crippen molar-refractivity contribution >= 4 is 34.0 Å². The van der Waals surface area contributed by atoms with E-state index >= 15 is 0 Å². The monoisotopic (exact) mass is 556 g/mol. The largest absolute Gasteiger partial charge is 0.475 e. The molecule has 0 saturated carbocycles. The molecule has 214 valence electrons. The highest BCUT2D eigenvalue weighted by molar-refractivity contribution is 6.01. The average Bonchev–Trinajstić information content (AvgIpc) is 3.50. The third-order valence-corrected chi connectivity index (χ3v) is 7.94. The number of pyridine rings is 1. The molecule has 0 radical (unpaired) electrons. The molecule has 2 aromatic heterocycles. The number of ether oxygens (including phenoxy) is 2. The molecule has 4 aromatic rings. The number of fused-ring (bicyclic) bond motifs is 1. The van der Waals surface area contributed by atoms with Gasteiger partial charge >= 0.3 is 0 Å². The molecular weight excluding hydrogens is 520 g/mol. The van der Waals surface area contributed by atoms with Crippen LogP contribution in [-0.2, 0) is 16.5 Å². The van der Waals surface area contributed by atoms with E-state index in [2.05, 4.69) is 24.5 Å². The summed E-state index contributed by atoms with van der Waals surface area (Å²) in [5, 5.41) is 17.9. The predicted molar refractivity (Wildman–Crippen MR) is 160 cm³/mol. The van der Waals surface area contributed by atoms with E-state index in [1.54, 1.807) is 17.9 Å². The van der Waals surface area contributed by atoms with Crippen LogP contribution in [0.5, 0.6) is 0 Å². The molecule has 0 aliphatic carbocycles. The summed E-state index contributed by atoms with van der Waals surface area (Å²) >= 11 is 0. The second-order valence-corrected chi connectivity index (χ2v) is 11.1. The minimum absolute atomic E-state index is 0.0233. The Morgan fingerprint density at radius 3 is 2.61 bits per heavy atom. The van der Waals surface area contributed by atoms with E-state index in [4.69, 9.17) is 19.5 Å². The maximum absolute atomic E-state index is 12.7. The van der Waals surface area contributed by atoms with Crippen LogP contribution in [0.25, 0.3) is 10.9 Å². The number of anilines is 3. The average molecular weight is 557 g/mol. The van der Waals surface area contributed by atoms with Gasteiger partial charge in [-0.25, -0.2) is 9.98 Å². The number of aromatic nitrogens is 3. The molecule has 2 aliphatic heterocycles. The Morgan fingerprint density at radius 1 is 1.10 bits per heavy atom. The van der Waals surface area contributed by atoms with E-state index in [9.17, 15) is 9.90 Å². The van der Waals surface area contributed by atoms with Crippen molar-refractivity contribution in [2.45, 2.75) is 44.3 Å². The van der Waals surface area contributed by atoms with Crippen LogP contribution in [0.1, 0.15) is 49.9 Å². The van der Waals surface area contributed by atoms with Crippen molar-refractivity contribution in [3.63, 3.8) is 0 Å². The molecule has 1 spiro atoms. The van der Waals surface area contributed by atoms with E-state index in [0.29, 0.717) is 36.9 Å². The first-order valence-corrected chi connectivity index (χ1v) is 14.1. The number of rotatable bonds is 8. The Hall–Kier alpha value is -4.15. The molecule has 1 saturated heterocycles. The maximum atomic E-state index is 12.7. The summed E-state index contributed by atoms with van der Waals surface area (Å²) in [7, 11) is 1.79. The van der Waals surface area contributed by atoms with Crippen LogP contribution in [0, 0.1) is 0 Å². The third kappa shape index (κ3) is 5.20. The normalized spacial score (nSPS) is 17.0. The van der Waals surface area contributed by atoms with Gasteiger partial charge < -0.3 is 25.2 Å². The van der Waals surface area contributed by atoms with Crippen LogP contribution in [0.3, 0.4) is 0 Å². The minimum Gasteiger partial charge on any atom is -0.475 e. The lowest BCUT2D eigenvalue weighted by atomic mass is 9.92. The molecule has 3 N–H and O–H groups in total. The molecule has 10 heteroatoms. The van der Waals surface area contributed by atoms with Gasteiger partial charge in [0.05, 0.1) is 34.8 Å². The summed E-state index contributed by atoms with van der Waals surface area (Å²) in [6, 6.07) is 17.2. The molecule has 0 unspecified atom stereocenters. The molecule has 10 nitrogen and oxygen atoms in total. The predicted octanol–water partition coefficient (Wildman–Crippen LogP) is 4.53. The summed E-state index contributed by atoms with van der Waals surface area (Å²) in [5.74, 6) is 1.15. The lowest BCUT2D eigenvalue weighted by Gasteiger charge is -2.28. The zero-order valence-corrected chi connectivity index (χ0v) is 23.6. The van der Waals surface area contributed by atoms with Crippen LogP contribution < -0.4 is 16.2 Å². The highest BCUT2D eigenvalue weighted by Gasteiger charge is 2.39. The number of benzene rings is 2. The Labute approximate surface area is 238 Å². The van der Waals surface area contributed by atoms with Crippen LogP contribution in [0.4, 0.5) is 17.2 Å². The molecule has 4 heterocycles. The molecule has 0 amide bonds. The molecule has 41 heavy (non-hydrogen) atoms. The fourth-order valence-corrected chi connectivity index (χ4v) is 5.74. The molecule has 1 atom stereocenters. The fraction of sp³-hybridized carbons (Fsp3) is 0.387. The van der Waals surface area contributed by atoms with Gasteiger partial charge in [0.25, 0.3) is 5.56 Å². The number of nitrogens with one attached hydrogen (secondary N) is 2. The Bertz CT molecular complexity index is 1640. The molecule has 2 aliphatic rings. The van der Waals surface area contributed by atoms with Gasteiger partial charge in [0.2, 0.25) is 5.90 Å². The lowest BCUT2D eigenvalue weighted by Crippen LogP contribution is -2.35. The van der Waals surface area contributed by atoms with Gasteiger partial charge in [0.15, 0.2) is 0 Å². The smallest absolute Gasteiger partial charge is 0.274 e. The summed E-state index contributed by atoms with van der Waals surface area (Å²) in [5.41, 5.74) is 3.81. The van der Waals surface area contributed by atoms with Gasteiger partial charge in [-0.1, -0.05) is 30.3 Å². The zero-order valence-electron chi connectivity index (χ0n) is 23.6. The number of aliphatic hydroxyl groups excluding tert-OH is 1. The summed E-state index contributed by atoms with van der Waals surface area (Å²) in [6.45, 7) is 5.87. The first kappa shape index (κ1) is 27.0. The third-order valence-electron chi connectivity index (χ3n) is 7.94. The van der Waals surface area contributed by atoms with Crippen molar-refractivity contribution < 1.29 is 14.6 Å². The van der Waals surface area contributed by atoms with Crippen LogP contribution >= 0.6 is 0 Å². The number of aliphatic hydroxyl groups is 1. The first-order chi connectivity index (χ1) is 19.9. The Balaban J connectivity index is 1.37. The summed E-state index contributed by atoms with van der Waals surface area (Å²) in [4.78, 5) is 22.5. The van der Waals surface area contributed by atoms with E-state index in [0.717, 1.165) is 40.9 Å². The number of hydrogen-bond acceptors (Lipinski definition) is 8. The SMILES string of the molecule is CC(C)n1c2cc(Nc3cc(N[C@H](CO)c4ccccc4)c(C4=NC5(CCOCC5)CO4)cn3)ccc2c(=O)n1C. The minimum atomic E-state index is -0.342. The van der Waals surface area contributed by atoms with Gasteiger partial charge in [-0.3, -0.25) is 14.2 Å². The zero-order chi connectivity index (χ0) is 28.6. The Kier molecular flexibility index (Phi) is 7.27. The maximum Gasteiger partial charge on any atom is 0.274 e. The van der Waals surface area contributed by atoms with Crippen LogP contribution in [0.15, 0.2) is 70.6 Å². The number of hydrogen-bond donors (Lipinski definition) is 3. The Morgan fingerprint density at radius 2 is 1.88 bits per heavy atom. The van der Waals surface area contributed by atoms with E-state index in [1.807, 2.05) is 59.3 Å². The van der Waals surface area contributed by atoms with Crippen molar-refractivity contribution in [2.75, 3.05) is 37.1 Å². The quantitative estimate of drug-likeness (QED) is 0.292. The topological polar surface area (TPSA) is 115 Å². The van der Waals surface area contributed by atoms with Gasteiger partial charge in [0.1, 0.15) is 18.0 Å². The van der Waals surface area contributed by atoms with Gasteiger partial charge in [-0.2, -0.15) is 0 Å². The molecule has 1 fully saturated rings. The number of aliphatic imine (C=N–C) groups is 1. The molecule has 6 rings (SSSR count). The van der Waals surface area contributed by atoms with Crippen LogP contribution in [-0.4, -0.2) is 57.3 Å². The van der Waals surface area contributed by atoms with Crippen LogP contribution in [0.2, 0.25) is 0 Å². The van der Waals surface area contributed by atoms with Gasteiger partial charge in [0, 0.05) is 44.3 Å². The number of nitrogens with zero attached hydrogens (tertiary/aromatic N) is 4. The summed E-state index contributed by atoms with van der Waals surface area (Å²) in [6.07, 6.45) is 3.39. The van der Waals surface area contributed by atoms with E-state index in [-0.39, 0.29) is 29.8 Å². The highest BCUT2D eigenvalue weighted by atomic mass is 16.5. The van der Waals surface area contributed by atoms with Crippen molar-refractivity contribution in [1.29, 1.82) is 0 Å². The fourth-order valence-electron chi connectivity index (χ4n) is 5.74.